The Bertz CT molecular complexity index is 887. The average molecular weight is 335 g/mol. The molecule has 0 saturated carbocycles. The van der Waals surface area contributed by atoms with Crippen LogP contribution in [0.3, 0.4) is 0 Å². The summed E-state index contributed by atoms with van der Waals surface area (Å²) in [4.78, 5) is 17.9. The van der Waals surface area contributed by atoms with Crippen molar-refractivity contribution in [3.05, 3.63) is 70.8 Å². The maximum atomic E-state index is 13.1. The van der Waals surface area contributed by atoms with E-state index < -0.39 is 0 Å². The van der Waals surface area contributed by atoms with Crippen LogP contribution in [0.1, 0.15) is 45.0 Å². The summed E-state index contributed by atoms with van der Waals surface area (Å²) in [5, 5.41) is 4.16. The van der Waals surface area contributed by atoms with E-state index in [9.17, 15) is 4.79 Å². The molecule has 3 rings (SSSR count). The largest absolute Gasteiger partial charge is 0.308 e. The number of para-hydroxylation sites is 2. The number of unbranched alkanes of at least 4 members (excludes halogenated alkanes) is 2. The Hall–Kier alpha value is -2.46. The fourth-order valence-electron chi connectivity index (χ4n) is 3.05. The molecule has 0 radical (unpaired) electrons. The second-order valence-electron chi connectivity index (χ2n) is 6.35. The van der Waals surface area contributed by atoms with Crippen molar-refractivity contribution in [1.82, 2.24) is 14.9 Å². The van der Waals surface area contributed by atoms with Gasteiger partial charge in [-0.3, -0.25) is 9.36 Å². The lowest BCUT2D eigenvalue weighted by molar-refractivity contribution is 0.513. The van der Waals surface area contributed by atoms with Crippen molar-refractivity contribution in [2.45, 2.75) is 39.2 Å². The Morgan fingerprint density at radius 3 is 2.52 bits per heavy atom. The first-order valence-electron chi connectivity index (χ1n) is 9.03. The third-order valence-corrected chi connectivity index (χ3v) is 4.43. The highest BCUT2D eigenvalue weighted by Crippen LogP contribution is 2.17. The summed E-state index contributed by atoms with van der Waals surface area (Å²) in [6.45, 7) is 5.19. The van der Waals surface area contributed by atoms with Crippen molar-refractivity contribution < 1.29 is 0 Å². The number of nitrogens with one attached hydrogen (secondary N) is 1. The predicted octanol–water partition coefficient (Wildman–Crippen LogP) is 4.23. The molecule has 0 aliphatic carbocycles. The normalized spacial score (nSPS) is 12.4. The minimum Gasteiger partial charge on any atom is -0.308 e. The van der Waals surface area contributed by atoms with E-state index >= 15 is 0 Å². The minimum absolute atomic E-state index is 0.00521. The molecule has 4 heteroatoms. The van der Waals surface area contributed by atoms with Gasteiger partial charge in [-0.1, -0.05) is 50.1 Å². The third-order valence-electron chi connectivity index (χ3n) is 4.43. The number of benzene rings is 2. The summed E-state index contributed by atoms with van der Waals surface area (Å²) >= 11 is 0. The Morgan fingerprint density at radius 2 is 1.76 bits per heavy atom. The quantitative estimate of drug-likeness (QED) is 0.657. The number of aromatic nitrogens is 2. The first-order chi connectivity index (χ1) is 12.2. The van der Waals surface area contributed by atoms with E-state index in [2.05, 4.69) is 19.2 Å². The molecular formula is C21H25N3O. The van der Waals surface area contributed by atoms with E-state index in [-0.39, 0.29) is 11.6 Å². The van der Waals surface area contributed by atoms with E-state index in [0.717, 1.165) is 30.0 Å². The smallest absolute Gasteiger partial charge is 0.266 e. The summed E-state index contributed by atoms with van der Waals surface area (Å²) < 4.78 is 1.74. The molecule has 0 bridgehead atoms. The summed E-state index contributed by atoms with van der Waals surface area (Å²) in [6, 6.07) is 17.3. The second-order valence-corrected chi connectivity index (χ2v) is 6.35. The fourth-order valence-corrected chi connectivity index (χ4v) is 3.05. The molecule has 4 nitrogen and oxygen atoms in total. The lowest BCUT2D eigenvalue weighted by Crippen LogP contribution is -2.30. The summed E-state index contributed by atoms with van der Waals surface area (Å²) in [6.07, 6.45) is 3.53. The van der Waals surface area contributed by atoms with Crippen molar-refractivity contribution in [3.63, 3.8) is 0 Å². The number of rotatable bonds is 7. The predicted molar refractivity (Wildman–Crippen MR) is 103 cm³/mol. The van der Waals surface area contributed by atoms with Crippen LogP contribution in [0.4, 0.5) is 0 Å². The summed E-state index contributed by atoms with van der Waals surface area (Å²) in [5.74, 6) is 0.756. The average Bonchev–Trinajstić information content (AvgIpc) is 2.65. The van der Waals surface area contributed by atoms with Crippen LogP contribution in [-0.2, 0) is 0 Å². The van der Waals surface area contributed by atoms with Gasteiger partial charge in [0.1, 0.15) is 5.82 Å². The van der Waals surface area contributed by atoms with E-state index in [1.54, 1.807) is 4.57 Å². The Kier molecular flexibility index (Phi) is 5.61. The molecule has 0 spiro atoms. The minimum atomic E-state index is -0.0194. The Labute approximate surface area is 148 Å². The standard InChI is InChI=1S/C21H25N3O/c1-3-4-10-15-22-16(2)20-23-19-14-9-8-13-18(19)21(25)24(20)17-11-6-5-7-12-17/h5-9,11-14,16,22H,3-4,10,15H2,1-2H3. The topological polar surface area (TPSA) is 46.9 Å². The summed E-state index contributed by atoms with van der Waals surface area (Å²) in [7, 11) is 0. The van der Waals surface area contributed by atoms with Gasteiger partial charge in [0.15, 0.2) is 0 Å². The van der Waals surface area contributed by atoms with E-state index in [1.165, 1.54) is 12.8 Å². The molecule has 1 aromatic heterocycles. The van der Waals surface area contributed by atoms with Gasteiger partial charge in [-0.2, -0.15) is 0 Å². The highest BCUT2D eigenvalue weighted by atomic mass is 16.1. The van der Waals surface area contributed by atoms with Crippen LogP contribution in [-0.4, -0.2) is 16.1 Å². The van der Waals surface area contributed by atoms with Gasteiger partial charge in [-0.15, -0.1) is 0 Å². The first kappa shape index (κ1) is 17.4. The third kappa shape index (κ3) is 3.80. The van der Waals surface area contributed by atoms with Crippen LogP contribution >= 0.6 is 0 Å². The highest BCUT2D eigenvalue weighted by Gasteiger charge is 2.17. The number of hydrogen-bond acceptors (Lipinski definition) is 3. The Balaban J connectivity index is 2.07. The lowest BCUT2D eigenvalue weighted by atomic mass is 10.2. The van der Waals surface area contributed by atoms with E-state index in [4.69, 9.17) is 4.98 Å². The molecule has 0 fully saturated rings. The number of fused-ring (bicyclic) bond motifs is 1. The maximum absolute atomic E-state index is 13.1. The zero-order chi connectivity index (χ0) is 17.6. The molecule has 0 aliphatic heterocycles. The highest BCUT2D eigenvalue weighted by molar-refractivity contribution is 5.77. The maximum Gasteiger partial charge on any atom is 0.266 e. The Morgan fingerprint density at radius 1 is 1.04 bits per heavy atom. The molecule has 0 aliphatic rings. The molecule has 2 aromatic carbocycles. The zero-order valence-corrected chi connectivity index (χ0v) is 14.9. The van der Waals surface area contributed by atoms with Crippen molar-refractivity contribution in [3.8, 4) is 5.69 Å². The van der Waals surface area contributed by atoms with Crippen molar-refractivity contribution >= 4 is 10.9 Å². The monoisotopic (exact) mass is 335 g/mol. The second kappa shape index (κ2) is 8.08. The van der Waals surface area contributed by atoms with E-state index in [1.807, 2.05) is 54.6 Å². The summed E-state index contributed by atoms with van der Waals surface area (Å²) in [5.41, 5.74) is 1.58. The van der Waals surface area contributed by atoms with Gasteiger partial charge in [0.25, 0.3) is 5.56 Å². The van der Waals surface area contributed by atoms with Gasteiger partial charge in [0.2, 0.25) is 0 Å². The molecule has 1 N–H and O–H groups in total. The number of nitrogens with zero attached hydrogens (tertiary/aromatic N) is 2. The first-order valence-corrected chi connectivity index (χ1v) is 9.03. The van der Waals surface area contributed by atoms with Crippen molar-refractivity contribution in [1.29, 1.82) is 0 Å². The lowest BCUT2D eigenvalue weighted by Gasteiger charge is -2.19. The van der Waals surface area contributed by atoms with Gasteiger partial charge >= 0.3 is 0 Å². The van der Waals surface area contributed by atoms with Gasteiger partial charge in [-0.25, -0.2) is 4.98 Å². The van der Waals surface area contributed by atoms with Crippen LogP contribution in [0.5, 0.6) is 0 Å². The molecular weight excluding hydrogens is 310 g/mol. The molecule has 1 heterocycles. The van der Waals surface area contributed by atoms with Crippen LogP contribution in [0.15, 0.2) is 59.4 Å². The van der Waals surface area contributed by atoms with Crippen LogP contribution in [0.2, 0.25) is 0 Å². The van der Waals surface area contributed by atoms with Crippen LogP contribution in [0, 0.1) is 0 Å². The molecule has 0 saturated heterocycles. The van der Waals surface area contributed by atoms with Crippen molar-refractivity contribution in [2.24, 2.45) is 0 Å². The fraction of sp³-hybridized carbons (Fsp3) is 0.333. The van der Waals surface area contributed by atoms with Gasteiger partial charge in [-0.05, 0) is 44.2 Å². The van der Waals surface area contributed by atoms with Gasteiger partial charge in [0.05, 0.1) is 22.6 Å². The molecule has 1 atom stereocenters. The van der Waals surface area contributed by atoms with Gasteiger partial charge in [0, 0.05) is 0 Å². The van der Waals surface area contributed by atoms with Crippen LogP contribution in [0.25, 0.3) is 16.6 Å². The molecule has 0 amide bonds. The van der Waals surface area contributed by atoms with Crippen LogP contribution < -0.4 is 10.9 Å². The van der Waals surface area contributed by atoms with Gasteiger partial charge < -0.3 is 5.32 Å². The molecule has 3 aromatic rings. The zero-order valence-electron chi connectivity index (χ0n) is 14.9. The SMILES string of the molecule is CCCCCNC(C)c1nc2ccccc2c(=O)n1-c1ccccc1. The van der Waals surface area contributed by atoms with Crippen molar-refractivity contribution in [2.75, 3.05) is 6.54 Å². The molecule has 1 unspecified atom stereocenters. The number of hydrogen-bond donors (Lipinski definition) is 1. The van der Waals surface area contributed by atoms with E-state index in [0.29, 0.717) is 5.39 Å². The molecule has 25 heavy (non-hydrogen) atoms. The molecule has 130 valence electrons.